The third kappa shape index (κ3) is 3.34. The normalized spacial score (nSPS) is 19.3. The van der Waals surface area contributed by atoms with Crippen molar-refractivity contribution in [3.8, 4) is 11.1 Å². The summed E-state index contributed by atoms with van der Waals surface area (Å²) >= 11 is 0. The van der Waals surface area contributed by atoms with Gasteiger partial charge in [0.1, 0.15) is 0 Å². The molecule has 0 saturated heterocycles. The van der Waals surface area contributed by atoms with E-state index in [1.807, 2.05) is 61.7 Å². The van der Waals surface area contributed by atoms with Gasteiger partial charge in [-0.15, -0.1) is 0 Å². The van der Waals surface area contributed by atoms with Crippen LogP contribution in [0.3, 0.4) is 0 Å². The number of carbonyl (C=O) groups is 1. The van der Waals surface area contributed by atoms with E-state index in [1.165, 1.54) is 11.3 Å². The van der Waals surface area contributed by atoms with Gasteiger partial charge in [0.15, 0.2) is 5.70 Å². The highest BCUT2D eigenvalue weighted by atomic mass is 16.6. The maximum Gasteiger partial charge on any atom is 0.363 e. The zero-order chi connectivity index (χ0) is 22.3. The second-order valence-corrected chi connectivity index (χ2v) is 8.55. The lowest BCUT2D eigenvalue weighted by Crippen LogP contribution is -2.22. The smallest absolute Gasteiger partial charge is 0.363 e. The van der Waals surface area contributed by atoms with Crippen molar-refractivity contribution in [1.82, 2.24) is 0 Å². The molecular weight excluding hydrogens is 396 g/mol. The summed E-state index contributed by atoms with van der Waals surface area (Å²) < 4.78 is 5.46. The van der Waals surface area contributed by atoms with Crippen molar-refractivity contribution < 1.29 is 9.53 Å². The number of likely N-dealkylation sites (N-methyl/N-ethyl adjacent to an activating group) is 1. The molecule has 3 aromatic carbocycles. The van der Waals surface area contributed by atoms with Gasteiger partial charge in [0.2, 0.25) is 5.90 Å². The molecule has 0 aliphatic carbocycles. The van der Waals surface area contributed by atoms with Crippen LogP contribution in [0.2, 0.25) is 0 Å². The molecule has 0 saturated carbocycles. The Kier molecular flexibility index (Phi) is 4.78. The number of esters is 1. The van der Waals surface area contributed by atoms with E-state index in [0.29, 0.717) is 11.6 Å². The Morgan fingerprint density at radius 2 is 1.44 bits per heavy atom. The molecule has 0 amide bonds. The second-order valence-electron chi connectivity index (χ2n) is 8.55. The maximum atomic E-state index is 12.5. The quantitative estimate of drug-likeness (QED) is 0.394. The van der Waals surface area contributed by atoms with Gasteiger partial charge in [-0.2, -0.15) is 0 Å². The number of hydrogen-bond donors (Lipinski definition) is 0. The Bertz CT molecular complexity index is 1280. The molecule has 2 aliphatic heterocycles. The van der Waals surface area contributed by atoms with E-state index >= 15 is 0 Å². The van der Waals surface area contributed by atoms with Gasteiger partial charge >= 0.3 is 5.97 Å². The number of carbonyl (C=O) groups excluding carboxylic acids is 1. The molecule has 0 spiro atoms. The number of fused-ring (bicyclic) bond motifs is 1. The molecule has 4 heteroatoms. The van der Waals surface area contributed by atoms with Crippen molar-refractivity contribution in [1.29, 1.82) is 0 Å². The fourth-order valence-electron chi connectivity index (χ4n) is 4.44. The molecule has 0 atom stereocenters. The van der Waals surface area contributed by atoms with Crippen molar-refractivity contribution in [2.24, 2.45) is 4.99 Å². The molecule has 5 rings (SSSR count). The standard InChI is InChI=1S/C28H24N2O2/c1-28(2)22-11-7-8-12-24(22)30(3)25(28)18-17-23-27(31)32-26(29-23)21-15-13-20(14-16-21)19-9-5-4-6-10-19/h4-18H,1-3H3. The first kappa shape index (κ1) is 20.0. The van der Waals surface area contributed by atoms with E-state index in [-0.39, 0.29) is 5.41 Å². The summed E-state index contributed by atoms with van der Waals surface area (Å²) in [5, 5.41) is 0. The summed E-state index contributed by atoms with van der Waals surface area (Å²) in [4.78, 5) is 19.1. The van der Waals surface area contributed by atoms with E-state index in [2.05, 4.69) is 54.1 Å². The van der Waals surface area contributed by atoms with E-state index in [4.69, 9.17) is 4.74 Å². The number of ether oxygens (including phenoxy) is 1. The highest BCUT2D eigenvalue weighted by Gasteiger charge is 2.38. The maximum absolute atomic E-state index is 12.5. The molecule has 0 aromatic heterocycles. The Hall–Kier alpha value is -3.92. The number of anilines is 1. The fraction of sp³-hybridized carbons (Fsp3) is 0.143. The van der Waals surface area contributed by atoms with Gasteiger partial charge in [-0.3, -0.25) is 0 Å². The van der Waals surface area contributed by atoms with E-state index in [9.17, 15) is 4.79 Å². The van der Waals surface area contributed by atoms with Gasteiger partial charge in [0.25, 0.3) is 0 Å². The second kappa shape index (κ2) is 7.65. The zero-order valence-electron chi connectivity index (χ0n) is 18.4. The monoisotopic (exact) mass is 420 g/mol. The van der Waals surface area contributed by atoms with Crippen molar-refractivity contribution in [3.05, 3.63) is 114 Å². The first-order valence-corrected chi connectivity index (χ1v) is 10.7. The molecule has 32 heavy (non-hydrogen) atoms. The molecule has 0 N–H and O–H groups in total. The van der Waals surface area contributed by atoms with Crippen molar-refractivity contribution in [2.45, 2.75) is 19.3 Å². The Balaban J connectivity index is 1.42. The van der Waals surface area contributed by atoms with Crippen molar-refractivity contribution >= 4 is 17.6 Å². The predicted molar refractivity (Wildman–Crippen MR) is 129 cm³/mol. The summed E-state index contributed by atoms with van der Waals surface area (Å²) in [6.45, 7) is 4.38. The summed E-state index contributed by atoms with van der Waals surface area (Å²) in [5.41, 5.74) is 6.72. The summed E-state index contributed by atoms with van der Waals surface area (Å²) in [5.74, 6) is -0.0958. The van der Waals surface area contributed by atoms with Crippen LogP contribution in [-0.2, 0) is 14.9 Å². The Labute approximate surface area is 188 Å². The number of nitrogens with zero attached hydrogens (tertiary/aromatic N) is 2. The summed E-state index contributed by atoms with van der Waals surface area (Å²) in [6.07, 6.45) is 3.73. The van der Waals surface area contributed by atoms with E-state index in [0.717, 1.165) is 22.4 Å². The lowest BCUT2D eigenvalue weighted by atomic mass is 9.84. The summed E-state index contributed by atoms with van der Waals surface area (Å²) in [7, 11) is 2.05. The molecule has 0 unspecified atom stereocenters. The highest BCUT2D eigenvalue weighted by molar-refractivity contribution is 6.11. The molecule has 0 radical (unpaired) electrons. The number of aliphatic imine (C=N–C) groups is 1. The highest BCUT2D eigenvalue weighted by Crippen LogP contribution is 2.46. The number of rotatable bonds is 3. The van der Waals surface area contributed by atoms with Crippen LogP contribution in [0, 0.1) is 0 Å². The van der Waals surface area contributed by atoms with Gasteiger partial charge in [-0.05, 0) is 47.0 Å². The molecule has 158 valence electrons. The molecule has 0 fully saturated rings. The van der Waals surface area contributed by atoms with E-state index < -0.39 is 5.97 Å². The van der Waals surface area contributed by atoms with Crippen LogP contribution in [0.15, 0.2) is 107 Å². The van der Waals surface area contributed by atoms with Gasteiger partial charge in [0.05, 0.1) is 0 Å². The lowest BCUT2D eigenvalue weighted by molar-refractivity contribution is -0.130. The van der Waals surface area contributed by atoms with Gasteiger partial charge < -0.3 is 9.64 Å². The first-order valence-electron chi connectivity index (χ1n) is 10.7. The topological polar surface area (TPSA) is 41.9 Å². The Morgan fingerprint density at radius 3 is 2.16 bits per heavy atom. The first-order chi connectivity index (χ1) is 15.4. The number of allylic oxidation sites excluding steroid dienone is 3. The zero-order valence-corrected chi connectivity index (χ0v) is 18.4. The van der Waals surface area contributed by atoms with Gasteiger partial charge in [-0.1, -0.05) is 74.5 Å². The molecule has 2 aliphatic rings. The predicted octanol–water partition coefficient (Wildman–Crippen LogP) is 5.85. The Morgan fingerprint density at radius 1 is 0.812 bits per heavy atom. The third-order valence-corrected chi connectivity index (χ3v) is 6.20. The summed E-state index contributed by atoms with van der Waals surface area (Å²) in [6, 6.07) is 26.4. The fourth-order valence-corrected chi connectivity index (χ4v) is 4.44. The SMILES string of the molecule is CN1C(=CC=C2N=C(c3ccc(-c4ccccc4)cc3)OC2=O)C(C)(C)c2ccccc21. The molecule has 0 bridgehead atoms. The van der Waals surface area contributed by atoms with Crippen LogP contribution in [0.25, 0.3) is 11.1 Å². The third-order valence-electron chi connectivity index (χ3n) is 6.20. The molecule has 3 aromatic rings. The average molecular weight is 421 g/mol. The largest absolute Gasteiger partial charge is 0.402 e. The van der Waals surface area contributed by atoms with Gasteiger partial charge in [-0.25, -0.2) is 9.79 Å². The van der Waals surface area contributed by atoms with Gasteiger partial charge in [0, 0.05) is 29.4 Å². The van der Waals surface area contributed by atoms with Crippen LogP contribution >= 0.6 is 0 Å². The molecule has 4 nitrogen and oxygen atoms in total. The number of cyclic esters (lactones) is 1. The minimum absolute atomic E-state index is 0.162. The minimum atomic E-state index is -0.431. The number of hydrogen-bond acceptors (Lipinski definition) is 4. The van der Waals surface area contributed by atoms with Crippen LogP contribution in [0.4, 0.5) is 5.69 Å². The molecular formula is C28H24N2O2. The average Bonchev–Trinajstić information content (AvgIpc) is 3.28. The number of benzene rings is 3. The van der Waals surface area contributed by atoms with Crippen molar-refractivity contribution in [3.63, 3.8) is 0 Å². The minimum Gasteiger partial charge on any atom is -0.402 e. The lowest BCUT2D eigenvalue weighted by Gasteiger charge is -2.23. The van der Waals surface area contributed by atoms with E-state index in [1.54, 1.807) is 6.08 Å². The van der Waals surface area contributed by atoms with Crippen LogP contribution in [0.5, 0.6) is 0 Å². The number of para-hydroxylation sites is 1. The van der Waals surface area contributed by atoms with Crippen LogP contribution < -0.4 is 4.90 Å². The van der Waals surface area contributed by atoms with Crippen LogP contribution in [-0.4, -0.2) is 18.9 Å². The van der Waals surface area contributed by atoms with Crippen LogP contribution in [0.1, 0.15) is 25.0 Å². The van der Waals surface area contributed by atoms with Crippen molar-refractivity contribution in [2.75, 3.05) is 11.9 Å². The molecule has 2 heterocycles.